The van der Waals surface area contributed by atoms with Crippen molar-refractivity contribution in [3.05, 3.63) is 69.8 Å². The molecular formula is C33H46O. The molecule has 2 saturated carbocycles. The number of hydrogen-bond acceptors (Lipinski definition) is 1. The standard InChI is InChI=1S/C33H46O/c1-23-15-17-30(25(3)19-23)32(27-11-7-5-8-12-27)21-29(34)22-33(28-13-9-6-10-14-28)31-18-16-24(2)20-26(31)4/h15-20,27-28,32-33H,5-14,21-22H2,1-4H3/t32-,33+. The molecule has 2 atom stereocenters. The van der Waals surface area contributed by atoms with E-state index >= 15 is 0 Å². The Morgan fingerprint density at radius 3 is 1.38 bits per heavy atom. The summed E-state index contributed by atoms with van der Waals surface area (Å²) in [6.45, 7) is 8.86. The fourth-order valence-corrected chi connectivity index (χ4v) is 7.19. The minimum Gasteiger partial charge on any atom is -0.300 e. The second-order valence-electron chi connectivity index (χ2n) is 11.7. The lowest BCUT2D eigenvalue weighted by atomic mass is 9.70. The van der Waals surface area contributed by atoms with Crippen molar-refractivity contribution in [2.45, 2.75) is 117 Å². The van der Waals surface area contributed by atoms with E-state index in [4.69, 9.17) is 0 Å². The molecule has 0 aliphatic heterocycles. The van der Waals surface area contributed by atoms with E-state index in [-0.39, 0.29) is 0 Å². The molecule has 0 heterocycles. The highest BCUT2D eigenvalue weighted by Gasteiger charge is 2.32. The summed E-state index contributed by atoms with van der Waals surface area (Å²) >= 11 is 0. The maximum Gasteiger partial charge on any atom is 0.134 e. The Kier molecular flexibility index (Phi) is 8.67. The van der Waals surface area contributed by atoms with Gasteiger partial charge in [0.2, 0.25) is 0 Å². The van der Waals surface area contributed by atoms with Gasteiger partial charge in [-0.3, -0.25) is 4.79 Å². The molecule has 184 valence electrons. The van der Waals surface area contributed by atoms with Crippen LogP contribution in [-0.4, -0.2) is 5.78 Å². The second-order valence-corrected chi connectivity index (χ2v) is 11.7. The van der Waals surface area contributed by atoms with Gasteiger partial charge in [-0.15, -0.1) is 0 Å². The predicted molar refractivity (Wildman–Crippen MR) is 145 cm³/mol. The van der Waals surface area contributed by atoms with Crippen molar-refractivity contribution < 1.29 is 4.79 Å². The summed E-state index contributed by atoms with van der Waals surface area (Å²) in [5.74, 6) is 2.59. The van der Waals surface area contributed by atoms with E-state index in [2.05, 4.69) is 64.1 Å². The molecule has 34 heavy (non-hydrogen) atoms. The van der Waals surface area contributed by atoms with E-state index in [1.54, 1.807) is 0 Å². The van der Waals surface area contributed by atoms with Crippen LogP contribution >= 0.6 is 0 Å². The van der Waals surface area contributed by atoms with E-state index in [0.29, 0.717) is 29.5 Å². The number of benzene rings is 2. The van der Waals surface area contributed by atoms with Crippen molar-refractivity contribution in [1.82, 2.24) is 0 Å². The van der Waals surface area contributed by atoms with Crippen LogP contribution in [0.15, 0.2) is 36.4 Å². The van der Waals surface area contributed by atoms with E-state index < -0.39 is 0 Å². The third-order valence-corrected chi connectivity index (χ3v) is 8.98. The average molecular weight is 459 g/mol. The Bertz CT molecular complexity index is 881. The molecule has 2 aliphatic rings. The van der Waals surface area contributed by atoms with E-state index in [9.17, 15) is 4.79 Å². The highest BCUT2D eigenvalue weighted by Crippen LogP contribution is 2.43. The lowest BCUT2D eigenvalue weighted by Crippen LogP contribution is -2.24. The van der Waals surface area contributed by atoms with Crippen molar-refractivity contribution in [2.75, 3.05) is 0 Å². The number of ketones is 1. The van der Waals surface area contributed by atoms with Gasteiger partial charge in [0, 0.05) is 12.8 Å². The van der Waals surface area contributed by atoms with Crippen LogP contribution in [-0.2, 0) is 4.79 Å². The van der Waals surface area contributed by atoms with Crippen molar-refractivity contribution in [3.63, 3.8) is 0 Å². The van der Waals surface area contributed by atoms with Gasteiger partial charge < -0.3 is 0 Å². The molecule has 0 radical (unpaired) electrons. The van der Waals surface area contributed by atoms with E-state index in [1.807, 2.05) is 0 Å². The number of aryl methyl sites for hydroxylation is 4. The van der Waals surface area contributed by atoms with Gasteiger partial charge in [-0.2, -0.15) is 0 Å². The van der Waals surface area contributed by atoms with Crippen LogP contribution in [0.2, 0.25) is 0 Å². The van der Waals surface area contributed by atoms with Gasteiger partial charge >= 0.3 is 0 Å². The zero-order chi connectivity index (χ0) is 24.1. The van der Waals surface area contributed by atoms with Crippen molar-refractivity contribution >= 4 is 5.78 Å². The zero-order valence-electron chi connectivity index (χ0n) is 22.2. The third kappa shape index (κ3) is 6.21. The fourth-order valence-electron chi connectivity index (χ4n) is 7.19. The SMILES string of the molecule is Cc1ccc([C@@H](CC(=O)C[C@@H](c2ccc(C)cc2C)C2CCCCC2)C2CCCCC2)c(C)c1. The maximum atomic E-state index is 13.9. The average Bonchev–Trinajstić information content (AvgIpc) is 2.83. The molecule has 1 heteroatoms. The number of carbonyl (C=O) groups excluding carboxylic acids is 1. The van der Waals surface area contributed by atoms with Gasteiger partial charge in [0.25, 0.3) is 0 Å². The third-order valence-electron chi connectivity index (χ3n) is 8.98. The molecule has 2 aromatic carbocycles. The van der Waals surface area contributed by atoms with Gasteiger partial charge in [0.05, 0.1) is 0 Å². The minimum absolute atomic E-state index is 0.388. The quantitative estimate of drug-likeness (QED) is 0.385. The molecule has 0 spiro atoms. The van der Waals surface area contributed by atoms with Crippen molar-refractivity contribution in [2.24, 2.45) is 11.8 Å². The van der Waals surface area contributed by atoms with Crippen LogP contribution in [0.3, 0.4) is 0 Å². The van der Waals surface area contributed by atoms with Crippen LogP contribution in [0.5, 0.6) is 0 Å². The number of Topliss-reactive ketones (excluding diaryl/α,β-unsaturated/α-hetero) is 1. The van der Waals surface area contributed by atoms with Crippen LogP contribution in [0.25, 0.3) is 0 Å². The first-order chi connectivity index (χ1) is 16.4. The highest BCUT2D eigenvalue weighted by molar-refractivity contribution is 5.80. The summed E-state index contributed by atoms with van der Waals surface area (Å²) in [5.41, 5.74) is 8.27. The lowest BCUT2D eigenvalue weighted by Gasteiger charge is -2.34. The summed E-state index contributed by atoms with van der Waals surface area (Å²) in [4.78, 5) is 13.9. The first kappa shape index (κ1) is 25.2. The first-order valence-electron chi connectivity index (χ1n) is 14.1. The highest BCUT2D eigenvalue weighted by atomic mass is 16.1. The Balaban J connectivity index is 1.58. The molecule has 4 rings (SSSR count). The zero-order valence-corrected chi connectivity index (χ0v) is 22.2. The molecule has 0 amide bonds. The second kappa shape index (κ2) is 11.7. The topological polar surface area (TPSA) is 17.1 Å². The molecule has 0 aromatic heterocycles. The molecule has 1 nitrogen and oxygen atoms in total. The van der Waals surface area contributed by atoms with Crippen molar-refractivity contribution in [3.8, 4) is 0 Å². The smallest absolute Gasteiger partial charge is 0.134 e. The predicted octanol–water partition coefficient (Wildman–Crippen LogP) is 9.30. The molecule has 0 N–H and O–H groups in total. The maximum absolute atomic E-state index is 13.9. The Morgan fingerprint density at radius 2 is 1.03 bits per heavy atom. The Hall–Kier alpha value is -1.89. The molecule has 0 bridgehead atoms. The van der Waals surface area contributed by atoms with Gasteiger partial charge in [0.15, 0.2) is 0 Å². The van der Waals surface area contributed by atoms with E-state index in [1.165, 1.54) is 97.6 Å². The van der Waals surface area contributed by atoms with Gasteiger partial charge in [0.1, 0.15) is 5.78 Å². The van der Waals surface area contributed by atoms with Gasteiger partial charge in [-0.25, -0.2) is 0 Å². The van der Waals surface area contributed by atoms with E-state index in [0.717, 1.165) is 12.8 Å². The largest absolute Gasteiger partial charge is 0.300 e. The molecule has 0 unspecified atom stereocenters. The molecular weight excluding hydrogens is 412 g/mol. The number of hydrogen-bond donors (Lipinski definition) is 0. The molecule has 2 aromatic rings. The lowest BCUT2D eigenvalue weighted by molar-refractivity contribution is -0.120. The van der Waals surface area contributed by atoms with Crippen LogP contribution < -0.4 is 0 Å². The summed E-state index contributed by atoms with van der Waals surface area (Å²) in [6, 6.07) is 13.8. The normalized spacial score (nSPS) is 19.6. The Morgan fingerprint density at radius 1 is 0.647 bits per heavy atom. The van der Waals surface area contributed by atoms with Crippen LogP contribution in [0.1, 0.15) is 122 Å². The van der Waals surface area contributed by atoms with Gasteiger partial charge in [-0.05, 0) is 99.3 Å². The Labute approximate surface area is 208 Å². The summed E-state index contributed by atoms with van der Waals surface area (Å²) in [7, 11) is 0. The monoisotopic (exact) mass is 458 g/mol. The first-order valence-corrected chi connectivity index (χ1v) is 14.1. The van der Waals surface area contributed by atoms with Crippen molar-refractivity contribution in [1.29, 1.82) is 0 Å². The summed E-state index contributed by atoms with van der Waals surface area (Å²) in [5, 5.41) is 0. The molecule has 0 saturated heterocycles. The van der Waals surface area contributed by atoms with Gasteiger partial charge in [-0.1, -0.05) is 86.1 Å². The number of carbonyl (C=O) groups is 1. The minimum atomic E-state index is 0.388. The summed E-state index contributed by atoms with van der Waals surface area (Å²) < 4.78 is 0. The fraction of sp³-hybridized carbons (Fsp3) is 0.606. The van der Waals surface area contributed by atoms with Crippen LogP contribution in [0, 0.1) is 39.5 Å². The number of rotatable bonds is 8. The molecule has 2 aliphatic carbocycles. The van der Waals surface area contributed by atoms with Crippen LogP contribution in [0.4, 0.5) is 0 Å². The summed E-state index contributed by atoms with van der Waals surface area (Å²) in [6.07, 6.45) is 14.6. The molecule has 2 fully saturated rings.